The van der Waals surface area contributed by atoms with Crippen LogP contribution in [-0.2, 0) is 25.8 Å². The molecule has 0 spiro atoms. The lowest BCUT2D eigenvalue weighted by atomic mass is 10.0. The minimum atomic E-state index is -0.247. The molecule has 0 saturated heterocycles. The van der Waals surface area contributed by atoms with Gasteiger partial charge in [0, 0.05) is 30.1 Å². The van der Waals surface area contributed by atoms with E-state index < -0.39 is 0 Å². The summed E-state index contributed by atoms with van der Waals surface area (Å²) in [7, 11) is 0. The van der Waals surface area contributed by atoms with E-state index in [1.54, 1.807) is 41.8 Å². The predicted molar refractivity (Wildman–Crippen MR) is 103 cm³/mol. The molecule has 0 fully saturated rings. The smallest absolute Gasteiger partial charge is 0.287 e. The molecule has 7 heteroatoms. The third kappa shape index (κ3) is 4.19. The zero-order valence-corrected chi connectivity index (χ0v) is 15.8. The number of carbonyl (C=O) groups is 1. The van der Waals surface area contributed by atoms with E-state index in [0.717, 1.165) is 24.3 Å². The molecule has 4 rings (SSSR count). The molecule has 0 aliphatic heterocycles. The fourth-order valence-corrected chi connectivity index (χ4v) is 4.38. The van der Waals surface area contributed by atoms with Crippen molar-refractivity contribution in [3.63, 3.8) is 0 Å². The molecular formula is C20H21N3O3S. The van der Waals surface area contributed by atoms with Crippen molar-refractivity contribution in [3.8, 4) is 0 Å². The molecule has 3 aromatic rings. The van der Waals surface area contributed by atoms with Crippen LogP contribution < -0.4 is 10.9 Å². The summed E-state index contributed by atoms with van der Waals surface area (Å²) in [6.07, 6.45) is 7.12. The largest absolute Gasteiger partial charge is 0.454 e. The molecule has 1 aliphatic carbocycles. The zero-order chi connectivity index (χ0) is 18.6. The van der Waals surface area contributed by atoms with Crippen molar-refractivity contribution in [1.29, 1.82) is 0 Å². The normalized spacial score (nSPS) is 13.3. The van der Waals surface area contributed by atoms with Gasteiger partial charge in [-0.3, -0.25) is 9.59 Å². The van der Waals surface area contributed by atoms with E-state index in [1.807, 2.05) is 0 Å². The maximum atomic E-state index is 12.3. The Bertz CT molecular complexity index is 978. The molecule has 0 atom stereocenters. The first-order chi connectivity index (χ1) is 13.2. The number of fused-ring (bicyclic) bond motifs is 1. The Hall–Kier alpha value is -2.67. The first-order valence-corrected chi connectivity index (χ1v) is 10.0. The molecule has 1 aliphatic rings. The van der Waals surface area contributed by atoms with Crippen molar-refractivity contribution >= 4 is 17.2 Å². The van der Waals surface area contributed by atoms with Crippen LogP contribution in [0.3, 0.4) is 0 Å². The monoisotopic (exact) mass is 383 g/mol. The van der Waals surface area contributed by atoms with Gasteiger partial charge in [-0.2, -0.15) is 0 Å². The highest BCUT2D eigenvalue weighted by atomic mass is 32.1. The molecule has 0 unspecified atom stereocenters. The van der Waals surface area contributed by atoms with Crippen molar-refractivity contribution < 1.29 is 9.21 Å². The molecule has 0 bridgehead atoms. The van der Waals surface area contributed by atoms with E-state index in [1.165, 1.54) is 34.0 Å². The van der Waals surface area contributed by atoms with E-state index in [-0.39, 0.29) is 17.2 Å². The number of hydrogen-bond donors (Lipinski definition) is 1. The Balaban J connectivity index is 1.31. The summed E-state index contributed by atoms with van der Waals surface area (Å²) in [5, 5.41) is 3.97. The summed E-state index contributed by atoms with van der Waals surface area (Å²) in [5.74, 6) is 0.580. The van der Waals surface area contributed by atoms with Gasteiger partial charge in [0.2, 0.25) is 0 Å². The number of hydrogen-bond acceptors (Lipinski definition) is 5. The molecule has 27 heavy (non-hydrogen) atoms. The summed E-state index contributed by atoms with van der Waals surface area (Å²) < 4.78 is 7.12. The number of aromatic nitrogens is 2. The van der Waals surface area contributed by atoms with E-state index in [4.69, 9.17) is 9.40 Å². The Labute approximate surface area is 160 Å². The van der Waals surface area contributed by atoms with Gasteiger partial charge in [0.05, 0.1) is 17.2 Å². The van der Waals surface area contributed by atoms with Gasteiger partial charge < -0.3 is 14.3 Å². The maximum absolute atomic E-state index is 12.3. The van der Waals surface area contributed by atoms with Crippen LogP contribution in [0.4, 0.5) is 0 Å². The minimum Gasteiger partial charge on any atom is -0.454 e. The second kappa shape index (κ2) is 7.92. The number of thiazole rings is 1. The van der Waals surface area contributed by atoms with E-state index in [0.29, 0.717) is 18.8 Å². The van der Waals surface area contributed by atoms with Crippen molar-refractivity contribution in [3.05, 3.63) is 74.0 Å². The van der Waals surface area contributed by atoms with E-state index in [2.05, 4.69) is 5.32 Å². The number of nitrogens with one attached hydrogen (secondary N) is 1. The Morgan fingerprint density at radius 1 is 1.22 bits per heavy atom. The lowest BCUT2D eigenvalue weighted by Gasteiger charge is -2.06. The van der Waals surface area contributed by atoms with Crippen LogP contribution in [0.2, 0.25) is 0 Å². The highest BCUT2D eigenvalue weighted by molar-refractivity contribution is 7.11. The lowest BCUT2D eigenvalue weighted by Crippen LogP contribution is -2.25. The van der Waals surface area contributed by atoms with Crippen LogP contribution in [0.15, 0.2) is 45.7 Å². The van der Waals surface area contributed by atoms with Crippen LogP contribution in [0.25, 0.3) is 0 Å². The van der Waals surface area contributed by atoms with E-state index >= 15 is 0 Å². The highest BCUT2D eigenvalue weighted by Crippen LogP contribution is 2.26. The fraction of sp³-hybridized carbons (Fsp3) is 0.350. The quantitative estimate of drug-likeness (QED) is 0.710. The van der Waals surface area contributed by atoms with Crippen LogP contribution in [0.5, 0.6) is 0 Å². The fourth-order valence-electron chi connectivity index (χ4n) is 3.23. The first-order valence-electron chi connectivity index (χ1n) is 9.19. The van der Waals surface area contributed by atoms with Gasteiger partial charge in [0.25, 0.3) is 11.5 Å². The van der Waals surface area contributed by atoms with Gasteiger partial charge in [-0.1, -0.05) is 6.07 Å². The van der Waals surface area contributed by atoms with Crippen molar-refractivity contribution in [2.45, 2.75) is 38.6 Å². The van der Waals surface area contributed by atoms with Gasteiger partial charge in [-0.15, -0.1) is 11.3 Å². The molecule has 1 amide bonds. The van der Waals surface area contributed by atoms with Gasteiger partial charge in [0.1, 0.15) is 5.76 Å². The van der Waals surface area contributed by atoms with Gasteiger partial charge >= 0.3 is 0 Å². The average molecular weight is 383 g/mol. The summed E-state index contributed by atoms with van der Waals surface area (Å²) in [5.41, 5.74) is 1.14. The number of amides is 1. The number of rotatable bonds is 6. The topological polar surface area (TPSA) is 77.1 Å². The first kappa shape index (κ1) is 17.7. The molecule has 0 radical (unpaired) electrons. The van der Waals surface area contributed by atoms with Crippen LogP contribution in [-0.4, -0.2) is 22.0 Å². The highest BCUT2D eigenvalue weighted by Gasteiger charge is 2.16. The minimum absolute atomic E-state index is 0.106. The van der Waals surface area contributed by atoms with Gasteiger partial charge in [-0.25, -0.2) is 4.98 Å². The molecular weight excluding hydrogens is 362 g/mol. The third-order valence-electron chi connectivity index (χ3n) is 4.63. The Kier molecular flexibility index (Phi) is 5.20. The van der Waals surface area contributed by atoms with Crippen molar-refractivity contribution in [2.24, 2.45) is 0 Å². The molecule has 0 saturated carbocycles. The molecule has 3 aromatic heterocycles. The van der Waals surface area contributed by atoms with Crippen molar-refractivity contribution in [2.75, 3.05) is 6.54 Å². The molecule has 6 nitrogen and oxygen atoms in total. The number of nitrogens with zero attached hydrogens (tertiary/aromatic N) is 2. The number of carbonyl (C=O) groups excluding carboxylic acids is 1. The third-order valence-corrected chi connectivity index (χ3v) is 5.84. The Morgan fingerprint density at radius 2 is 2.11 bits per heavy atom. The summed E-state index contributed by atoms with van der Waals surface area (Å²) in [6.45, 7) is 0.830. The number of pyridine rings is 1. The van der Waals surface area contributed by atoms with Crippen LogP contribution >= 0.6 is 11.3 Å². The second-order valence-electron chi connectivity index (χ2n) is 6.62. The van der Waals surface area contributed by atoms with E-state index in [9.17, 15) is 9.59 Å². The van der Waals surface area contributed by atoms with Gasteiger partial charge in [-0.05, 0) is 43.9 Å². The molecule has 140 valence electrons. The standard InChI is InChI=1S/C20H21N3O3S/c24-19-7-3-4-12-23(19)13-14-8-9-16(26-14)20(25)21-11-10-18-22-15-5-1-2-6-17(15)27-18/h3-4,7-9,12H,1-2,5-6,10-11,13H2,(H,21,25). The van der Waals surface area contributed by atoms with Crippen LogP contribution in [0, 0.1) is 0 Å². The molecule has 3 heterocycles. The average Bonchev–Trinajstić information content (AvgIpc) is 3.30. The molecule has 1 N–H and O–H groups in total. The second-order valence-corrected chi connectivity index (χ2v) is 7.79. The maximum Gasteiger partial charge on any atom is 0.287 e. The Morgan fingerprint density at radius 3 is 2.96 bits per heavy atom. The molecule has 0 aromatic carbocycles. The van der Waals surface area contributed by atoms with Crippen molar-refractivity contribution in [1.82, 2.24) is 14.9 Å². The lowest BCUT2D eigenvalue weighted by molar-refractivity contribution is 0.0924. The summed E-state index contributed by atoms with van der Waals surface area (Å²) in [6, 6.07) is 8.34. The number of furan rings is 1. The summed E-state index contributed by atoms with van der Waals surface area (Å²) >= 11 is 1.77. The van der Waals surface area contributed by atoms with Crippen LogP contribution in [0.1, 0.15) is 44.7 Å². The predicted octanol–water partition coefficient (Wildman–Crippen LogP) is 2.80. The zero-order valence-electron chi connectivity index (χ0n) is 14.9. The van der Waals surface area contributed by atoms with Gasteiger partial charge in [0.15, 0.2) is 5.76 Å². The summed E-state index contributed by atoms with van der Waals surface area (Å²) in [4.78, 5) is 30.1. The SMILES string of the molecule is O=C(NCCc1nc2c(s1)CCCC2)c1ccc(Cn2ccccc2=O)o1. The number of aryl methyl sites for hydroxylation is 2.